The van der Waals surface area contributed by atoms with Gasteiger partial charge in [-0.05, 0) is 41.0 Å². The fraction of sp³-hybridized carbons (Fsp3) is 0.867. The summed E-state index contributed by atoms with van der Waals surface area (Å²) in [5, 5.41) is 12.0. The Morgan fingerprint density at radius 1 is 1.50 bits per heavy atom. The lowest BCUT2D eigenvalue weighted by Crippen LogP contribution is -2.52. The van der Waals surface area contributed by atoms with E-state index in [4.69, 9.17) is 10.00 Å². The molecule has 0 radical (unpaired) electrons. The van der Waals surface area contributed by atoms with Crippen molar-refractivity contribution in [1.82, 2.24) is 10.2 Å². The summed E-state index contributed by atoms with van der Waals surface area (Å²) >= 11 is 0. The molecule has 0 aromatic rings. The molecule has 1 heterocycles. The van der Waals surface area contributed by atoms with Gasteiger partial charge < -0.3 is 15.0 Å². The van der Waals surface area contributed by atoms with Crippen LogP contribution in [0.5, 0.6) is 0 Å². The fourth-order valence-corrected chi connectivity index (χ4v) is 2.85. The van der Waals surface area contributed by atoms with Crippen molar-refractivity contribution < 1.29 is 9.53 Å². The largest absolute Gasteiger partial charge is 0.368 e. The van der Waals surface area contributed by atoms with E-state index in [1.54, 1.807) is 11.9 Å². The molecule has 0 aromatic carbocycles. The van der Waals surface area contributed by atoms with Crippen molar-refractivity contribution in [1.29, 1.82) is 5.26 Å². The van der Waals surface area contributed by atoms with Gasteiger partial charge in [0.15, 0.2) is 0 Å². The van der Waals surface area contributed by atoms with Gasteiger partial charge in [-0.25, -0.2) is 0 Å². The topological polar surface area (TPSA) is 65.4 Å². The number of hydrogen-bond donors (Lipinski definition) is 1. The van der Waals surface area contributed by atoms with E-state index in [0.717, 1.165) is 6.42 Å². The normalized spacial score (nSPS) is 24.9. The van der Waals surface area contributed by atoms with Crippen LogP contribution in [0.3, 0.4) is 0 Å². The molecule has 0 bridgehead atoms. The monoisotopic (exact) mass is 281 g/mol. The highest BCUT2D eigenvalue weighted by Crippen LogP contribution is 2.37. The minimum absolute atomic E-state index is 0.0146. The molecule has 1 amide bonds. The third-order valence-electron chi connectivity index (χ3n) is 3.83. The van der Waals surface area contributed by atoms with Crippen molar-refractivity contribution in [3.63, 3.8) is 0 Å². The molecule has 1 rings (SSSR count). The van der Waals surface area contributed by atoms with Crippen LogP contribution >= 0.6 is 0 Å². The molecule has 0 aliphatic carbocycles. The molecule has 114 valence electrons. The van der Waals surface area contributed by atoms with Crippen molar-refractivity contribution in [2.24, 2.45) is 0 Å². The summed E-state index contributed by atoms with van der Waals surface area (Å²) in [6.45, 7) is 10.6. The summed E-state index contributed by atoms with van der Waals surface area (Å²) in [5.74, 6) is 0.0146. The highest BCUT2D eigenvalue weighted by molar-refractivity contribution is 5.81. The SMILES string of the molecule is C[C@@H](N[C@@H]1CC(C)(C)OC1(C)C)C(=O)N(C)CCC#N. The lowest BCUT2D eigenvalue weighted by Gasteiger charge is -2.30. The number of amides is 1. The number of rotatable bonds is 5. The Morgan fingerprint density at radius 3 is 2.55 bits per heavy atom. The molecule has 5 heteroatoms. The van der Waals surface area contributed by atoms with Crippen molar-refractivity contribution in [2.45, 2.75) is 70.7 Å². The molecule has 5 nitrogen and oxygen atoms in total. The van der Waals surface area contributed by atoms with Crippen LogP contribution in [0.25, 0.3) is 0 Å². The lowest BCUT2D eigenvalue weighted by molar-refractivity contribution is -0.132. The number of carbonyl (C=O) groups is 1. The maximum absolute atomic E-state index is 12.2. The van der Waals surface area contributed by atoms with Gasteiger partial charge in [-0.1, -0.05) is 0 Å². The average Bonchev–Trinajstić information content (AvgIpc) is 2.52. The van der Waals surface area contributed by atoms with Crippen LogP contribution in [-0.4, -0.2) is 47.7 Å². The number of hydrogen-bond acceptors (Lipinski definition) is 4. The molecule has 0 aromatic heterocycles. The van der Waals surface area contributed by atoms with Crippen molar-refractivity contribution in [3.8, 4) is 6.07 Å². The number of nitrogens with one attached hydrogen (secondary N) is 1. The molecule has 2 atom stereocenters. The smallest absolute Gasteiger partial charge is 0.239 e. The Hall–Kier alpha value is -1.12. The third-order valence-corrected chi connectivity index (χ3v) is 3.83. The molecular weight excluding hydrogens is 254 g/mol. The Bertz CT molecular complexity index is 398. The zero-order valence-corrected chi connectivity index (χ0v) is 13.5. The van der Waals surface area contributed by atoms with Crippen LogP contribution in [0.2, 0.25) is 0 Å². The minimum atomic E-state index is -0.288. The van der Waals surface area contributed by atoms with Crippen LogP contribution in [0.4, 0.5) is 0 Å². The van der Waals surface area contributed by atoms with E-state index in [0.29, 0.717) is 13.0 Å². The first-order valence-electron chi connectivity index (χ1n) is 7.17. The zero-order chi connectivity index (χ0) is 15.6. The first-order chi connectivity index (χ1) is 9.09. The van der Waals surface area contributed by atoms with E-state index in [1.807, 2.05) is 6.92 Å². The van der Waals surface area contributed by atoms with Gasteiger partial charge in [0.25, 0.3) is 0 Å². The van der Waals surface area contributed by atoms with E-state index >= 15 is 0 Å². The van der Waals surface area contributed by atoms with Crippen LogP contribution in [0.1, 0.15) is 47.5 Å². The molecule has 1 aliphatic rings. The molecule has 0 spiro atoms. The molecule has 0 unspecified atom stereocenters. The van der Waals surface area contributed by atoms with Gasteiger partial charge in [0, 0.05) is 19.6 Å². The molecule has 1 fully saturated rings. The van der Waals surface area contributed by atoms with Crippen LogP contribution in [0, 0.1) is 11.3 Å². The average molecular weight is 281 g/mol. The van der Waals surface area contributed by atoms with Crippen molar-refractivity contribution in [3.05, 3.63) is 0 Å². The van der Waals surface area contributed by atoms with Gasteiger partial charge in [0.2, 0.25) is 5.91 Å². The Labute approximate surface area is 122 Å². The molecule has 1 aliphatic heterocycles. The summed E-state index contributed by atoms with van der Waals surface area (Å²) in [6, 6.07) is 1.92. The fourth-order valence-electron chi connectivity index (χ4n) is 2.85. The number of likely N-dealkylation sites (N-methyl/N-ethyl adjacent to an activating group) is 1. The Kier molecular flexibility index (Phi) is 5.17. The highest BCUT2D eigenvalue weighted by Gasteiger charge is 2.46. The second-order valence-corrected chi connectivity index (χ2v) is 6.78. The quantitative estimate of drug-likeness (QED) is 0.832. The van der Waals surface area contributed by atoms with Gasteiger partial charge in [-0.2, -0.15) is 5.26 Å². The van der Waals surface area contributed by atoms with Gasteiger partial charge in [-0.3, -0.25) is 4.79 Å². The third kappa shape index (κ3) is 4.19. The standard InChI is InChI=1S/C15H27N3O2/c1-11(13(19)18(6)9-7-8-16)17-12-10-14(2,3)20-15(12,4)5/h11-12,17H,7,9-10H2,1-6H3/t11-,12-/m1/s1. The Balaban J connectivity index is 2.60. The maximum Gasteiger partial charge on any atom is 0.239 e. The van der Waals surface area contributed by atoms with Gasteiger partial charge in [0.05, 0.1) is 29.7 Å². The minimum Gasteiger partial charge on any atom is -0.368 e. The van der Waals surface area contributed by atoms with E-state index in [2.05, 4.69) is 39.1 Å². The van der Waals surface area contributed by atoms with Crippen molar-refractivity contribution >= 4 is 5.91 Å². The highest BCUT2D eigenvalue weighted by atomic mass is 16.5. The van der Waals surface area contributed by atoms with Gasteiger partial charge >= 0.3 is 0 Å². The summed E-state index contributed by atoms with van der Waals surface area (Å²) in [6.07, 6.45) is 1.24. The predicted octanol–water partition coefficient (Wildman–Crippen LogP) is 1.68. The zero-order valence-electron chi connectivity index (χ0n) is 13.5. The lowest BCUT2D eigenvalue weighted by atomic mass is 9.94. The number of ether oxygens (including phenoxy) is 1. The molecule has 20 heavy (non-hydrogen) atoms. The molecular formula is C15H27N3O2. The molecule has 0 saturated carbocycles. The molecule has 1 saturated heterocycles. The number of nitriles is 1. The van der Waals surface area contributed by atoms with E-state index in [9.17, 15) is 4.79 Å². The number of nitrogens with zero attached hydrogens (tertiary/aromatic N) is 2. The van der Waals surface area contributed by atoms with E-state index < -0.39 is 0 Å². The summed E-state index contributed by atoms with van der Waals surface area (Å²) < 4.78 is 6.02. The summed E-state index contributed by atoms with van der Waals surface area (Å²) in [7, 11) is 1.73. The van der Waals surface area contributed by atoms with Gasteiger partial charge in [0.1, 0.15) is 0 Å². The maximum atomic E-state index is 12.2. The second-order valence-electron chi connectivity index (χ2n) is 6.78. The van der Waals surface area contributed by atoms with Crippen LogP contribution < -0.4 is 5.32 Å². The van der Waals surface area contributed by atoms with E-state index in [1.165, 1.54) is 0 Å². The molecule has 1 N–H and O–H groups in total. The number of carbonyl (C=O) groups excluding carboxylic acids is 1. The van der Waals surface area contributed by atoms with E-state index in [-0.39, 0.29) is 29.2 Å². The van der Waals surface area contributed by atoms with Crippen LogP contribution in [-0.2, 0) is 9.53 Å². The summed E-state index contributed by atoms with van der Waals surface area (Å²) in [5.41, 5.74) is -0.458. The van der Waals surface area contributed by atoms with Crippen LogP contribution in [0.15, 0.2) is 0 Å². The second kappa shape index (κ2) is 6.11. The summed E-state index contributed by atoms with van der Waals surface area (Å²) in [4.78, 5) is 13.8. The Morgan fingerprint density at radius 2 is 2.10 bits per heavy atom. The van der Waals surface area contributed by atoms with Gasteiger partial charge in [-0.15, -0.1) is 0 Å². The first-order valence-corrected chi connectivity index (χ1v) is 7.17. The first kappa shape index (κ1) is 16.9. The van der Waals surface area contributed by atoms with Crippen molar-refractivity contribution in [2.75, 3.05) is 13.6 Å². The predicted molar refractivity (Wildman–Crippen MR) is 78.1 cm³/mol.